The zero-order valence-corrected chi connectivity index (χ0v) is 14.3. The van der Waals surface area contributed by atoms with E-state index in [9.17, 15) is 23.2 Å². The molecule has 0 aromatic heterocycles. The van der Waals surface area contributed by atoms with E-state index in [1.807, 2.05) is 6.92 Å². The van der Waals surface area contributed by atoms with Crippen molar-refractivity contribution in [3.05, 3.63) is 35.4 Å². The summed E-state index contributed by atoms with van der Waals surface area (Å²) in [5, 5.41) is 8.29. The van der Waals surface area contributed by atoms with Gasteiger partial charge in [-0.2, -0.15) is 8.78 Å². The predicted octanol–water partition coefficient (Wildman–Crippen LogP) is 3.44. The lowest BCUT2D eigenvalue weighted by molar-refractivity contribution is -0.170. The average Bonchev–Trinajstić information content (AvgIpc) is 3.08. The van der Waals surface area contributed by atoms with Gasteiger partial charge < -0.3 is 14.6 Å². The summed E-state index contributed by atoms with van der Waals surface area (Å²) in [5.74, 6) is -8.15. The first-order valence-corrected chi connectivity index (χ1v) is 8.31. The molecule has 0 amide bonds. The van der Waals surface area contributed by atoms with Gasteiger partial charge in [-0.25, -0.2) is 14.4 Å². The first-order valence-electron chi connectivity index (χ1n) is 8.31. The van der Waals surface area contributed by atoms with E-state index in [0.717, 1.165) is 32.1 Å². The normalized spacial score (nSPS) is 16.1. The zero-order chi connectivity index (χ0) is 19.4. The molecule has 0 aliphatic heterocycles. The molecule has 8 heteroatoms. The second-order valence-electron chi connectivity index (χ2n) is 6.30. The highest BCUT2D eigenvalue weighted by Crippen LogP contribution is 2.36. The van der Waals surface area contributed by atoms with Crippen LogP contribution in [-0.2, 0) is 14.3 Å². The second kappa shape index (κ2) is 7.80. The summed E-state index contributed by atoms with van der Waals surface area (Å²) >= 11 is 0. The van der Waals surface area contributed by atoms with Crippen molar-refractivity contribution in [3.63, 3.8) is 0 Å². The van der Waals surface area contributed by atoms with Crippen LogP contribution in [0.2, 0.25) is 0 Å². The van der Waals surface area contributed by atoms with Gasteiger partial charge in [0, 0.05) is 0 Å². The fraction of sp³-hybridized carbons (Fsp3) is 0.500. The Bertz CT molecular complexity index is 677. The van der Waals surface area contributed by atoms with Crippen LogP contribution in [0.5, 0.6) is 0 Å². The van der Waals surface area contributed by atoms with Gasteiger partial charge in [-0.1, -0.05) is 6.92 Å². The lowest BCUT2D eigenvalue weighted by Gasteiger charge is -2.27. The number of aliphatic carboxylic acids is 1. The molecule has 0 heterocycles. The molecule has 1 fully saturated rings. The van der Waals surface area contributed by atoms with Gasteiger partial charge in [0.25, 0.3) is 0 Å². The van der Waals surface area contributed by atoms with Gasteiger partial charge in [-0.15, -0.1) is 0 Å². The van der Waals surface area contributed by atoms with Crippen molar-refractivity contribution in [2.75, 3.05) is 6.61 Å². The van der Waals surface area contributed by atoms with E-state index in [-0.39, 0.29) is 11.1 Å². The van der Waals surface area contributed by atoms with E-state index >= 15 is 0 Å². The number of ether oxygens (including phenoxy) is 2. The summed E-state index contributed by atoms with van der Waals surface area (Å²) in [7, 11) is 0. The van der Waals surface area contributed by atoms with Crippen LogP contribution in [0.1, 0.15) is 59.7 Å². The zero-order valence-electron chi connectivity index (χ0n) is 14.3. The standard InChI is InChI=1S/C18H20F2O6/c1-2-17(9-3-4-10-17)26-15(22)13-7-5-12(6-8-13)14(21)25-11-18(19,20)16(23)24/h5-8H,2-4,9-11H2,1H3,(H,23,24). The highest BCUT2D eigenvalue weighted by Gasteiger charge is 2.40. The number of alkyl halides is 2. The molecule has 0 saturated heterocycles. The number of rotatable bonds is 7. The fourth-order valence-electron chi connectivity index (χ4n) is 2.85. The minimum Gasteiger partial charge on any atom is -0.477 e. The molecule has 0 spiro atoms. The molecular weight excluding hydrogens is 350 g/mol. The van der Waals surface area contributed by atoms with Gasteiger partial charge in [0.2, 0.25) is 0 Å². The smallest absolute Gasteiger partial charge is 0.378 e. The van der Waals surface area contributed by atoms with Gasteiger partial charge in [0.1, 0.15) is 5.60 Å². The highest BCUT2D eigenvalue weighted by molar-refractivity contribution is 5.93. The maximum Gasteiger partial charge on any atom is 0.378 e. The Balaban J connectivity index is 1.98. The SMILES string of the molecule is CCC1(OC(=O)c2ccc(C(=O)OCC(F)(F)C(=O)O)cc2)CCCC1. The van der Waals surface area contributed by atoms with Crippen molar-refractivity contribution in [2.24, 2.45) is 0 Å². The molecule has 1 aromatic rings. The Morgan fingerprint density at radius 3 is 2.04 bits per heavy atom. The van der Waals surface area contributed by atoms with E-state index in [1.165, 1.54) is 24.3 Å². The number of carboxylic acid groups (broad SMARTS) is 1. The Labute approximate surface area is 149 Å². The van der Waals surface area contributed by atoms with Gasteiger partial charge >= 0.3 is 23.8 Å². The molecule has 26 heavy (non-hydrogen) atoms. The van der Waals surface area contributed by atoms with Crippen molar-refractivity contribution < 1.29 is 37.7 Å². The van der Waals surface area contributed by atoms with Crippen LogP contribution < -0.4 is 0 Å². The van der Waals surface area contributed by atoms with Crippen LogP contribution in [0.15, 0.2) is 24.3 Å². The molecule has 0 unspecified atom stereocenters. The number of carbonyl (C=O) groups is 3. The first kappa shape index (κ1) is 19.8. The third-order valence-corrected chi connectivity index (χ3v) is 4.52. The molecule has 1 aliphatic carbocycles. The Hall–Kier alpha value is -2.51. The van der Waals surface area contributed by atoms with Crippen LogP contribution in [0, 0.1) is 0 Å². The first-order chi connectivity index (χ1) is 12.2. The molecule has 1 aromatic carbocycles. The van der Waals surface area contributed by atoms with E-state index in [0.29, 0.717) is 0 Å². The van der Waals surface area contributed by atoms with Crippen LogP contribution >= 0.6 is 0 Å². The Morgan fingerprint density at radius 2 is 1.58 bits per heavy atom. The second-order valence-corrected chi connectivity index (χ2v) is 6.30. The number of benzene rings is 1. The third-order valence-electron chi connectivity index (χ3n) is 4.52. The summed E-state index contributed by atoms with van der Waals surface area (Å²) in [5.41, 5.74) is -0.289. The minimum absolute atomic E-state index is 0.0752. The van der Waals surface area contributed by atoms with Crippen LogP contribution in [0.4, 0.5) is 8.78 Å². The summed E-state index contributed by atoms with van der Waals surface area (Å²) in [6.07, 6.45) is 4.37. The van der Waals surface area contributed by atoms with Crippen molar-refractivity contribution in [1.82, 2.24) is 0 Å². The van der Waals surface area contributed by atoms with Crippen molar-refractivity contribution in [2.45, 2.75) is 50.6 Å². The lowest BCUT2D eigenvalue weighted by atomic mass is 9.98. The van der Waals surface area contributed by atoms with E-state index in [2.05, 4.69) is 4.74 Å². The monoisotopic (exact) mass is 370 g/mol. The number of carbonyl (C=O) groups excluding carboxylic acids is 2. The molecule has 1 N–H and O–H groups in total. The summed E-state index contributed by atoms with van der Waals surface area (Å²) < 4.78 is 35.8. The number of carboxylic acids is 1. The highest BCUT2D eigenvalue weighted by atomic mass is 19.3. The molecule has 1 aliphatic rings. The van der Waals surface area contributed by atoms with E-state index in [1.54, 1.807) is 0 Å². The number of hydrogen-bond donors (Lipinski definition) is 1. The minimum atomic E-state index is -4.16. The maximum absolute atomic E-state index is 12.9. The van der Waals surface area contributed by atoms with Crippen LogP contribution in [0.3, 0.4) is 0 Å². The molecule has 2 rings (SSSR count). The maximum atomic E-state index is 12.9. The Kier molecular flexibility index (Phi) is 5.94. The molecule has 6 nitrogen and oxygen atoms in total. The summed E-state index contributed by atoms with van der Waals surface area (Å²) in [6, 6.07) is 5.16. The molecule has 1 saturated carbocycles. The predicted molar refractivity (Wildman–Crippen MR) is 86.2 cm³/mol. The summed E-state index contributed by atoms with van der Waals surface area (Å²) in [4.78, 5) is 34.3. The molecule has 0 radical (unpaired) electrons. The van der Waals surface area contributed by atoms with Gasteiger partial charge in [-0.3, -0.25) is 0 Å². The van der Waals surface area contributed by atoms with Crippen molar-refractivity contribution in [1.29, 1.82) is 0 Å². The Morgan fingerprint density at radius 1 is 1.08 bits per heavy atom. The van der Waals surface area contributed by atoms with Crippen molar-refractivity contribution in [3.8, 4) is 0 Å². The number of esters is 2. The number of hydrogen-bond acceptors (Lipinski definition) is 5. The summed E-state index contributed by atoms with van der Waals surface area (Å²) in [6.45, 7) is 0.397. The number of halogens is 2. The molecule has 0 atom stereocenters. The van der Waals surface area contributed by atoms with Crippen molar-refractivity contribution >= 4 is 17.9 Å². The lowest BCUT2D eigenvalue weighted by Crippen LogP contribution is -2.34. The van der Waals surface area contributed by atoms with Crippen LogP contribution in [-0.4, -0.2) is 41.1 Å². The molecule has 142 valence electrons. The fourth-order valence-corrected chi connectivity index (χ4v) is 2.85. The molecule has 0 bridgehead atoms. The van der Waals surface area contributed by atoms with Gasteiger partial charge in [0.05, 0.1) is 11.1 Å². The van der Waals surface area contributed by atoms with E-state index < -0.39 is 36.0 Å². The quantitative estimate of drug-likeness (QED) is 0.740. The van der Waals surface area contributed by atoms with Crippen LogP contribution in [0.25, 0.3) is 0 Å². The average molecular weight is 370 g/mol. The van der Waals surface area contributed by atoms with Gasteiger partial charge in [0.15, 0.2) is 6.61 Å². The van der Waals surface area contributed by atoms with E-state index in [4.69, 9.17) is 9.84 Å². The third kappa shape index (κ3) is 4.56. The topological polar surface area (TPSA) is 89.9 Å². The van der Waals surface area contributed by atoms with Gasteiger partial charge in [-0.05, 0) is 56.4 Å². The largest absolute Gasteiger partial charge is 0.477 e. The molecular formula is C18H20F2O6.